The van der Waals surface area contributed by atoms with Crippen LogP contribution in [0.15, 0.2) is 0 Å². The fraction of sp³-hybridized carbons (Fsp3) is 0.889. The van der Waals surface area contributed by atoms with Crippen LogP contribution in [0.3, 0.4) is 0 Å². The van der Waals surface area contributed by atoms with E-state index in [4.69, 9.17) is 5.73 Å². The lowest BCUT2D eigenvalue weighted by atomic mass is 9.96. The van der Waals surface area contributed by atoms with Crippen molar-refractivity contribution in [1.82, 2.24) is 0 Å². The first-order chi connectivity index (χ1) is 5.52. The molecule has 0 aromatic heterocycles. The van der Waals surface area contributed by atoms with Crippen molar-refractivity contribution in [3.63, 3.8) is 0 Å². The fourth-order valence-electron chi connectivity index (χ4n) is 1.28. The van der Waals surface area contributed by atoms with E-state index in [0.29, 0.717) is 18.4 Å². The van der Waals surface area contributed by atoms with E-state index in [0.717, 1.165) is 6.42 Å². The minimum absolute atomic E-state index is 0.448. The van der Waals surface area contributed by atoms with E-state index < -0.39 is 6.09 Å². The zero-order valence-corrected chi connectivity index (χ0v) is 8.17. The number of amides is 1. The van der Waals surface area contributed by atoms with Crippen LogP contribution in [0.2, 0.25) is 0 Å². The predicted octanol–water partition coefficient (Wildman–Crippen LogP) is 2.15. The van der Waals surface area contributed by atoms with Crippen molar-refractivity contribution in [1.29, 1.82) is 0 Å². The van der Waals surface area contributed by atoms with E-state index in [1.54, 1.807) is 0 Å². The van der Waals surface area contributed by atoms with Gasteiger partial charge in [0.15, 0.2) is 0 Å². The Balaban J connectivity index is 3.31. The van der Waals surface area contributed by atoms with Gasteiger partial charge in [0.05, 0.1) is 6.61 Å². The first-order valence-corrected chi connectivity index (χ1v) is 4.44. The third-order valence-electron chi connectivity index (χ3n) is 1.73. The molecule has 0 heterocycles. The SMILES string of the molecule is CC(C)CC(C)CCOC(N)=O. The summed E-state index contributed by atoms with van der Waals surface area (Å²) in [6.07, 6.45) is 1.40. The first kappa shape index (κ1) is 11.3. The lowest BCUT2D eigenvalue weighted by molar-refractivity contribution is 0.148. The minimum atomic E-state index is -0.674. The number of nitrogens with two attached hydrogens (primary N) is 1. The van der Waals surface area contributed by atoms with Crippen LogP contribution >= 0.6 is 0 Å². The molecule has 0 saturated carbocycles. The zero-order valence-electron chi connectivity index (χ0n) is 8.17. The first-order valence-electron chi connectivity index (χ1n) is 4.44. The molecule has 1 amide bonds. The molecule has 3 nitrogen and oxygen atoms in total. The molecule has 0 aromatic carbocycles. The highest BCUT2D eigenvalue weighted by atomic mass is 16.5. The lowest BCUT2D eigenvalue weighted by Gasteiger charge is -2.12. The monoisotopic (exact) mass is 173 g/mol. The Kier molecular flexibility index (Phi) is 5.51. The van der Waals surface area contributed by atoms with Gasteiger partial charge in [-0.25, -0.2) is 4.79 Å². The van der Waals surface area contributed by atoms with E-state index in [9.17, 15) is 4.79 Å². The third-order valence-corrected chi connectivity index (χ3v) is 1.73. The Hall–Kier alpha value is -0.730. The normalized spacial score (nSPS) is 13.0. The van der Waals surface area contributed by atoms with Gasteiger partial charge in [-0.1, -0.05) is 20.8 Å². The van der Waals surface area contributed by atoms with Gasteiger partial charge in [-0.2, -0.15) is 0 Å². The van der Waals surface area contributed by atoms with Gasteiger partial charge in [0.1, 0.15) is 0 Å². The molecule has 0 aromatic rings. The fourth-order valence-corrected chi connectivity index (χ4v) is 1.28. The van der Waals surface area contributed by atoms with Gasteiger partial charge in [0, 0.05) is 0 Å². The van der Waals surface area contributed by atoms with Crippen LogP contribution in [0.4, 0.5) is 4.79 Å². The quantitative estimate of drug-likeness (QED) is 0.692. The van der Waals surface area contributed by atoms with Crippen LogP contribution < -0.4 is 5.73 Å². The Morgan fingerprint density at radius 1 is 1.42 bits per heavy atom. The summed E-state index contributed by atoms with van der Waals surface area (Å²) in [7, 11) is 0. The molecule has 3 heteroatoms. The Labute approximate surface area is 74.3 Å². The summed E-state index contributed by atoms with van der Waals surface area (Å²) >= 11 is 0. The zero-order chi connectivity index (χ0) is 9.56. The highest BCUT2D eigenvalue weighted by Crippen LogP contribution is 2.13. The lowest BCUT2D eigenvalue weighted by Crippen LogP contribution is -2.15. The van der Waals surface area contributed by atoms with Gasteiger partial charge in [-0.05, 0) is 24.7 Å². The van der Waals surface area contributed by atoms with Crippen molar-refractivity contribution < 1.29 is 9.53 Å². The molecular weight excluding hydrogens is 154 g/mol. The molecule has 72 valence electrons. The maximum atomic E-state index is 10.2. The number of hydrogen-bond acceptors (Lipinski definition) is 2. The maximum Gasteiger partial charge on any atom is 0.404 e. The molecule has 1 unspecified atom stereocenters. The van der Waals surface area contributed by atoms with Crippen molar-refractivity contribution in [3.8, 4) is 0 Å². The highest BCUT2D eigenvalue weighted by Gasteiger charge is 2.05. The summed E-state index contributed by atoms with van der Waals surface area (Å²) in [4.78, 5) is 10.2. The van der Waals surface area contributed by atoms with Gasteiger partial charge < -0.3 is 10.5 Å². The molecule has 0 bridgehead atoms. The van der Waals surface area contributed by atoms with Gasteiger partial charge in [-0.15, -0.1) is 0 Å². The minimum Gasteiger partial charge on any atom is -0.450 e. The highest BCUT2D eigenvalue weighted by molar-refractivity contribution is 5.64. The summed E-state index contributed by atoms with van der Waals surface area (Å²) in [5.41, 5.74) is 4.82. The van der Waals surface area contributed by atoms with Crippen LogP contribution in [-0.4, -0.2) is 12.7 Å². The Morgan fingerprint density at radius 3 is 2.42 bits per heavy atom. The van der Waals surface area contributed by atoms with Gasteiger partial charge in [0.2, 0.25) is 0 Å². The predicted molar refractivity (Wildman–Crippen MR) is 48.8 cm³/mol. The van der Waals surface area contributed by atoms with E-state index in [2.05, 4.69) is 25.5 Å². The van der Waals surface area contributed by atoms with Gasteiger partial charge in [-0.3, -0.25) is 0 Å². The van der Waals surface area contributed by atoms with Gasteiger partial charge >= 0.3 is 6.09 Å². The van der Waals surface area contributed by atoms with Crippen molar-refractivity contribution in [2.75, 3.05) is 6.61 Å². The standard InChI is InChI=1S/C9H19NO2/c1-7(2)6-8(3)4-5-12-9(10)11/h7-8H,4-6H2,1-3H3,(H2,10,11). The molecule has 2 N–H and O–H groups in total. The molecule has 0 aliphatic heterocycles. The number of carbonyl (C=O) groups excluding carboxylic acids is 1. The molecule has 0 fully saturated rings. The van der Waals surface area contributed by atoms with E-state index in [1.807, 2.05) is 0 Å². The number of ether oxygens (including phenoxy) is 1. The van der Waals surface area contributed by atoms with Crippen LogP contribution in [-0.2, 0) is 4.74 Å². The van der Waals surface area contributed by atoms with E-state index in [-0.39, 0.29) is 0 Å². The van der Waals surface area contributed by atoms with Gasteiger partial charge in [0.25, 0.3) is 0 Å². The molecule has 0 rings (SSSR count). The second kappa shape index (κ2) is 5.86. The second-order valence-electron chi connectivity index (χ2n) is 3.69. The summed E-state index contributed by atoms with van der Waals surface area (Å²) in [6, 6.07) is 0. The molecule has 12 heavy (non-hydrogen) atoms. The topological polar surface area (TPSA) is 52.3 Å². The van der Waals surface area contributed by atoms with E-state index >= 15 is 0 Å². The molecular formula is C9H19NO2. The third kappa shape index (κ3) is 7.38. The molecule has 0 spiro atoms. The van der Waals surface area contributed by atoms with Crippen LogP contribution in [0, 0.1) is 11.8 Å². The van der Waals surface area contributed by atoms with Crippen molar-refractivity contribution in [3.05, 3.63) is 0 Å². The van der Waals surface area contributed by atoms with Crippen LogP contribution in [0.1, 0.15) is 33.6 Å². The average Bonchev–Trinajstić information content (AvgIpc) is 1.84. The summed E-state index contributed by atoms with van der Waals surface area (Å²) in [6.45, 7) is 6.98. The Bertz CT molecular complexity index is 134. The number of carbonyl (C=O) groups is 1. The molecule has 0 aliphatic rings. The molecule has 0 radical (unpaired) electrons. The van der Waals surface area contributed by atoms with E-state index in [1.165, 1.54) is 6.42 Å². The average molecular weight is 173 g/mol. The van der Waals surface area contributed by atoms with Crippen molar-refractivity contribution >= 4 is 6.09 Å². The largest absolute Gasteiger partial charge is 0.450 e. The molecule has 1 atom stereocenters. The van der Waals surface area contributed by atoms with Crippen molar-refractivity contribution in [2.24, 2.45) is 17.6 Å². The number of hydrogen-bond donors (Lipinski definition) is 1. The molecule has 0 aliphatic carbocycles. The molecule has 0 saturated heterocycles. The number of primary amides is 1. The Morgan fingerprint density at radius 2 is 2.00 bits per heavy atom. The summed E-state index contributed by atoms with van der Waals surface area (Å²) in [5.74, 6) is 1.30. The van der Waals surface area contributed by atoms with Crippen molar-refractivity contribution in [2.45, 2.75) is 33.6 Å². The smallest absolute Gasteiger partial charge is 0.404 e. The van der Waals surface area contributed by atoms with Crippen LogP contribution in [0.5, 0.6) is 0 Å². The number of rotatable bonds is 5. The van der Waals surface area contributed by atoms with Crippen LogP contribution in [0.25, 0.3) is 0 Å². The summed E-state index contributed by atoms with van der Waals surface area (Å²) in [5, 5.41) is 0. The summed E-state index contributed by atoms with van der Waals surface area (Å²) < 4.78 is 4.63. The maximum absolute atomic E-state index is 10.2. The second-order valence-corrected chi connectivity index (χ2v) is 3.69.